The van der Waals surface area contributed by atoms with Crippen LogP contribution < -0.4 is 0 Å². The van der Waals surface area contributed by atoms with Gasteiger partial charge in [0, 0.05) is 10.5 Å². The number of phenolic OH excluding ortho intramolecular Hbond substituents is 1. The Hall–Kier alpha value is -2.20. The van der Waals surface area contributed by atoms with E-state index in [4.69, 9.17) is 4.42 Å². The van der Waals surface area contributed by atoms with Crippen molar-refractivity contribution < 1.29 is 9.52 Å². The number of thioether (sulfide) groups is 1. The molecule has 20 heavy (non-hydrogen) atoms. The number of phenols is 1. The summed E-state index contributed by atoms with van der Waals surface area (Å²) < 4.78 is 5.72. The molecule has 1 aromatic heterocycles. The molecule has 3 aromatic rings. The van der Waals surface area contributed by atoms with Crippen LogP contribution in [0.2, 0.25) is 0 Å². The third-order valence-electron chi connectivity index (χ3n) is 2.83. The van der Waals surface area contributed by atoms with Gasteiger partial charge in [0.2, 0.25) is 5.89 Å². The average Bonchev–Trinajstić information content (AvgIpc) is 2.96. The highest BCUT2D eigenvalue weighted by Gasteiger charge is 2.08. The van der Waals surface area contributed by atoms with Gasteiger partial charge in [0.05, 0.1) is 11.9 Å². The second kappa shape index (κ2) is 5.84. The fourth-order valence-electron chi connectivity index (χ4n) is 1.83. The zero-order chi connectivity index (χ0) is 13.8. The minimum atomic E-state index is 0.285. The van der Waals surface area contributed by atoms with Gasteiger partial charge in [0.1, 0.15) is 5.75 Å². The maximum absolute atomic E-state index is 9.70. The van der Waals surface area contributed by atoms with Gasteiger partial charge in [-0.1, -0.05) is 42.5 Å². The van der Waals surface area contributed by atoms with Crippen LogP contribution in [0.1, 0.15) is 5.89 Å². The number of para-hydroxylation sites is 1. The Morgan fingerprint density at radius 3 is 2.55 bits per heavy atom. The third kappa shape index (κ3) is 2.86. The second-order valence-electron chi connectivity index (χ2n) is 4.24. The van der Waals surface area contributed by atoms with Crippen molar-refractivity contribution in [2.75, 3.05) is 0 Å². The smallest absolute Gasteiger partial charge is 0.205 e. The molecule has 0 atom stereocenters. The highest BCUT2D eigenvalue weighted by Crippen LogP contribution is 2.31. The standard InChI is InChI=1S/C16H13NO2S/c18-13-8-4-5-9-15(13)20-11-16-17-10-14(19-16)12-6-2-1-3-7-12/h1-10,18H,11H2. The van der Waals surface area contributed by atoms with Crippen molar-refractivity contribution in [3.05, 3.63) is 66.7 Å². The number of benzene rings is 2. The fraction of sp³-hybridized carbons (Fsp3) is 0.0625. The number of hydrogen-bond acceptors (Lipinski definition) is 4. The van der Waals surface area contributed by atoms with Crippen molar-refractivity contribution in [2.45, 2.75) is 10.6 Å². The summed E-state index contributed by atoms with van der Waals surface area (Å²) in [7, 11) is 0. The first-order chi connectivity index (χ1) is 9.83. The van der Waals surface area contributed by atoms with Gasteiger partial charge in [-0.05, 0) is 12.1 Å². The summed E-state index contributed by atoms with van der Waals surface area (Å²) in [6.45, 7) is 0. The zero-order valence-electron chi connectivity index (χ0n) is 10.7. The lowest BCUT2D eigenvalue weighted by atomic mass is 10.2. The van der Waals surface area contributed by atoms with Crippen molar-refractivity contribution >= 4 is 11.8 Å². The molecule has 100 valence electrons. The van der Waals surface area contributed by atoms with Crippen molar-refractivity contribution in [3.8, 4) is 17.1 Å². The SMILES string of the molecule is Oc1ccccc1SCc1ncc(-c2ccccc2)o1. The minimum Gasteiger partial charge on any atom is -0.507 e. The molecule has 0 aliphatic rings. The van der Waals surface area contributed by atoms with Crippen LogP contribution in [0.5, 0.6) is 5.75 Å². The molecule has 0 fully saturated rings. The van der Waals surface area contributed by atoms with E-state index in [2.05, 4.69) is 4.98 Å². The molecule has 0 radical (unpaired) electrons. The number of aromatic nitrogens is 1. The van der Waals surface area contributed by atoms with Crippen LogP contribution in [0, 0.1) is 0 Å². The number of aromatic hydroxyl groups is 1. The number of oxazole rings is 1. The summed E-state index contributed by atoms with van der Waals surface area (Å²) >= 11 is 1.50. The molecule has 4 heteroatoms. The van der Waals surface area contributed by atoms with E-state index in [1.54, 1.807) is 18.3 Å². The van der Waals surface area contributed by atoms with E-state index in [0.717, 1.165) is 16.2 Å². The molecule has 0 bridgehead atoms. The van der Waals surface area contributed by atoms with Crippen molar-refractivity contribution in [2.24, 2.45) is 0 Å². The van der Waals surface area contributed by atoms with Crippen LogP contribution in [0.15, 0.2) is 70.1 Å². The molecule has 1 N–H and O–H groups in total. The summed E-state index contributed by atoms with van der Waals surface area (Å²) in [4.78, 5) is 5.09. The average molecular weight is 283 g/mol. The Bertz CT molecular complexity index is 694. The molecule has 0 amide bonds. The molecule has 0 saturated heterocycles. The van der Waals surface area contributed by atoms with Crippen LogP contribution in [0.4, 0.5) is 0 Å². The Labute approximate surface area is 121 Å². The second-order valence-corrected chi connectivity index (χ2v) is 5.26. The van der Waals surface area contributed by atoms with E-state index in [-0.39, 0.29) is 5.75 Å². The fourth-order valence-corrected chi connectivity index (χ4v) is 2.63. The number of hydrogen-bond donors (Lipinski definition) is 1. The lowest BCUT2D eigenvalue weighted by Gasteiger charge is -2.01. The maximum atomic E-state index is 9.70. The first kappa shape index (κ1) is 12.8. The Morgan fingerprint density at radius 1 is 1.00 bits per heavy atom. The Balaban J connectivity index is 1.71. The quantitative estimate of drug-likeness (QED) is 0.723. The first-order valence-corrected chi connectivity index (χ1v) is 7.22. The van der Waals surface area contributed by atoms with Crippen molar-refractivity contribution in [1.29, 1.82) is 0 Å². The molecular weight excluding hydrogens is 270 g/mol. The normalized spacial score (nSPS) is 10.6. The van der Waals surface area contributed by atoms with Gasteiger partial charge in [-0.2, -0.15) is 0 Å². The lowest BCUT2D eigenvalue weighted by molar-refractivity contribution is 0.462. The molecule has 0 unspecified atom stereocenters. The van der Waals surface area contributed by atoms with Crippen LogP contribution in [0.25, 0.3) is 11.3 Å². The van der Waals surface area contributed by atoms with Crippen LogP contribution in [0.3, 0.4) is 0 Å². The highest BCUT2D eigenvalue weighted by molar-refractivity contribution is 7.98. The number of rotatable bonds is 4. The van der Waals surface area contributed by atoms with Gasteiger partial charge in [0.25, 0.3) is 0 Å². The van der Waals surface area contributed by atoms with Gasteiger partial charge in [0.15, 0.2) is 5.76 Å². The molecular formula is C16H13NO2S. The lowest BCUT2D eigenvalue weighted by Crippen LogP contribution is -1.80. The molecule has 1 heterocycles. The van der Waals surface area contributed by atoms with Crippen LogP contribution >= 0.6 is 11.8 Å². The monoisotopic (exact) mass is 283 g/mol. The predicted molar refractivity (Wildman–Crippen MR) is 79.6 cm³/mol. The van der Waals surface area contributed by atoms with Gasteiger partial charge < -0.3 is 9.52 Å². The summed E-state index contributed by atoms with van der Waals surface area (Å²) in [5.74, 6) is 2.28. The van der Waals surface area contributed by atoms with E-state index in [9.17, 15) is 5.11 Å². The molecule has 3 rings (SSSR count). The zero-order valence-corrected chi connectivity index (χ0v) is 11.5. The molecule has 0 aliphatic carbocycles. The van der Waals surface area contributed by atoms with E-state index >= 15 is 0 Å². The molecule has 0 saturated carbocycles. The maximum Gasteiger partial charge on any atom is 0.205 e. The topological polar surface area (TPSA) is 46.3 Å². The first-order valence-electron chi connectivity index (χ1n) is 6.24. The van der Waals surface area contributed by atoms with Gasteiger partial charge in [-0.3, -0.25) is 0 Å². The predicted octanol–water partition coefficient (Wildman–Crippen LogP) is 4.34. The minimum absolute atomic E-state index is 0.285. The summed E-state index contributed by atoms with van der Waals surface area (Å²) in [6, 6.07) is 17.1. The summed E-state index contributed by atoms with van der Waals surface area (Å²) in [5, 5.41) is 9.70. The van der Waals surface area contributed by atoms with Gasteiger partial charge in [-0.25, -0.2) is 4.98 Å². The molecule has 0 spiro atoms. The van der Waals surface area contributed by atoms with E-state index in [1.165, 1.54) is 11.8 Å². The van der Waals surface area contributed by atoms with Gasteiger partial charge >= 0.3 is 0 Å². The van der Waals surface area contributed by atoms with Crippen molar-refractivity contribution in [1.82, 2.24) is 4.98 Å². The van der Waals surface area contributed by atoms with Crippen molar-refractivity contribution in [3.63, 3.8) is 0 Å². The van der Waals surface area contributed by atoms with Gasteiger partial charge in [-0.15, -0.1) is 11.8 Å². The van der Waals surface area contributed by atoms with Crippen LogP contribution in [-0.4, -0.2) is 10.1 Å². The summed E-state index contributed by atoms with van der Waals surface area (Å²) in [6.07, 6.45) is 1.73. The molecule has 2 aromatic carbocycles. The largest absolute Gasteiger partial charge is 0.507 e. The Morgan fingerprint density at radius 2 is 1.75 bits per heavy atom. The highest BCUT2D eigenvalue weighted by atomic mass is 32.2. The summed E-state index contributed by atoms with van der Waals surface area (Å²) in [5.41, 5.74) is 1.01. The van der Waals surface area contributed by atoms with E-state index < -0.39 is 0 Å². The van der Waals surface area contributed by atoms with E-state index in [1.807, 2.05) is 42.5 Å². The third-order valence-corrected chi connectivity index (χ3v) is 3.88. The molecule has 0 aliphatic heterocycles. The van der Waals surface area contributed by atoms with E-state index in [0.29, 0.717) is 11.6 Å². The Kier molecular flexibility index (Phi) is 3.74. The number of nitrogens with zero attached hydrogens (tertiary/aromatic N) is 1. The van der Waals surface area contributed by atoms with Crippen LogP contribution in [-0.2, 0) is 5.75 Å². The molecule has 3 nitrogen and oxygen atoms in total.